The molecule has 4 rings (SSSR count). The normalized spacial score (nSPS) is 11.2. The summed E-state index contributed by atoms with van der Waals surface area (Å²) in [6, 6.07) is 14.5. The summed E-state index contributed by atoms with van der Waals surface area (Å²) in [5.74, 6) is 0. The number of nitrogens with zero attached hydrogens (tertiary/aromatic N) is 6. The molecule has 4 aromatic rings. The minimum atomic E-state index is -1.03. The third-order valence-electron chi connectivity index (χ3n) is 6.72. The van der Waals surface area contributed by atoms with Crippen molar-refractivity contribution in [1.29, 1.82) is 0 Å². The number of rotatable bonds is 12. The molecule has 0 unspecified atom stereocenters. The van der Waals surface area contributed by atoms with Crippen molar-refractivity contribution in [2.24, 2.45) is 0 Å². The molecule has 0 heterocycles. The van der Waals surface area contributed by atoms with Gasteiger partial charge in [0.25, 0.3) is 34.1 Å². The predicted octanol–water partition coefficient (Wildman–Crippen LogP) is 7.65. The number of hydrogen-bond donors (Lipinski definition) is 0. The molecule has 0 N–H and O–H groups in total. The molecular weight excluding hydrogens is 636 g/mol. The van der Waals surface area contributed by atoms with E-state index in [1.165, 1.54) is 54.6 Å². The summed E-state index contributed by atoms with van der Waals surface area (Å²) in [6.07, 6.45) is 6.52. The second kappa shape index (κ2) is 14.1. The third kappa shape index (κ3) is 7.41. The van der Waals surface area contributed by atoms with Gasteiger partial charge in [0.05, 0.1) is 29.5 Å². The zero-order chi connectivity index (χ0) is 35.1. The largest absolute Gasteiger partial charge is 0.297 e. The summed E-state index contributed by atoms with van der Waals surface area (Å²) in [7, 11) is 0. The van der Waals surface area contributed by atoms with Gasteiger partial charge in [-0.1, -0.05) is 18.2 Å². The average Bonchev–Trinajstić information content (AvgIpc) is 3.04. The summed E-state index contributed by atoms with van der Waals surface area (Å²) >= 11 is 0. The fourth-order valence-electron chi connectivity index (χ4n) is 4.50. The lowest BCUT2D eigenvalue weighted by Crippen LogP contribution is -2.07. The molecule has 18 heteroatoms. The predicted molar refractivity (Wildman–Crippen MR) is 172 cm³/mol. The maximum absolute atomic E-state index is 12.5. The van der Waals surface area contributed by atoms with Gasteiger partial charge in [-0.3, -0.25) is 60.7 Å². The first-order valence-electron chi connectivity index (χ1n) is 13.2. The Morgan fingerprint density at radius 2 is 0.521 bits per heavy atom. The lowest BCUT2D eigenvalue weighted by molar-refractivity contribution is -0.403. The topological polar surface area (TPSA) is 259 Å². The van der Waals surface area contributed by atoms with Gasteiger partial charge in [-0.25, -0.2) is 0 Å². The fourth-order valence-corrected chi connectivity index (χ4v) is 4.50. The molecule has 48 heavy (non-hydrogen) atoms. The first-order valence-corrected chi connectivity index (χ1v) is 13.2. The van der Waals surface area contributed by atoms with E-state index in [0.29, 0.717) is 0 Å². The van der Waals surface area contributed by atoms with Crippen molar-refractivity contribution in [3.8, 4) is 0 Å². The molecule has 4 aromatic carbocycles. The van der Waals surface area contributed by atoms with Gasteiger partial charge in [-0.2, -0.15) is 0 Å². The Bertz CT molecular complexity index is 1810. The van der Waals surface area contributed by atoms with E-state index in [2.05, 4.69) is 0 Å². The van der Waals surface area contributed by atoms with E-state index in [4.69, 9.17) is 0 Å². The van der Waals surface area contributed by atoms with Gasteiger partial charge in [-0.15, -0.1) is 0 Å². The van der Waals surface area contributed by atoms with Crippen LogP contribution in [-0.4, -0.2) is 29.5 Å². The van der Waals surface area contributed by atoms with Gasteiger partial charge in [-0.05, 0) is 71.3 Å². The third-order valence-corrected chi connectivity index (χ3v) is 6.72. The van der Waals surface area contributed by atoms with Gasteiger partial charge >= 0.3 is 0 Å². The van der Waals surface area contributed by atoms with Gasteiger partial charge in [0.2, 0.25) is 0 Å². The van der Waals surface area contributed by atoms with E-state index in [1.807, 2.05) is 0 Å². The Morgan fingerprint density at radius 1 is 0.312 bits per heavy atom. The summed E-state index contributed by atoms with van der Waals surface area (Å²) in [5.41, 5.74) is -5.07. The SMILES string of the molecule is O=[N+]([O-])c1ccc(C=Cc2c([N+](=O)[O-])c(C=Cc3ccc([N+](=O)[O-])cc3)c([N+](=O)[O-])c(C=Cc3ccc([N+](=O)[O-])cc3)c2[N+](=O)[O-])cc1. The van der Waals surface area contributed by atoms with Crippen LogP contribution in [0.5, 0.6) is 0 Å². The Balaban J connectivity index is 2.04. The highest BCUT2D eigenvalue weighted by atomic mass is 16.6. The van der Waals surface area contributed by atoms with Crippen molar-refractivity contribution in [3.63, 3.8) is 0 Å². The lowest BCUT2D eigenvalue weighted by Gasteiger charge is -2.09. The molecule has 0 spiro atoms. The number of nitro benzene ring substituents is 6. The minimum Gasteiger partial charge on any atom is -0.258 e. The molecule has 0 aliphatic heterocycles. The summed E-state index contributed by atoms with van der Waals surface area (Å²) in [5, 5.41) is 70.6. The molecule has 0 bridgehead atoms. The molecule has 18 nitrogen and oxygen atoms in total. The van der Waals surface area contributed by atoms with Crippen molar-refractivity contribution in [2.45, 2.75) is 0 Å². The van der Waals surface area contributed by atoms with E-state index in [1.54, 1.807) is 0 Å². The Kier molecular flexibility index (Phi) is 9.79. The number of benzene rings is 4. The quantitative estimate of drug-likeness (QED) is 0.0810. The highest BCUT2D eigenvalue weighted by Gasteiger charge is 2.39. The molecule has 0 fully saturated rings. The summed E-state index contributed by atoms with van der Waals surface area (Å²) < 4.78 is 0. The molecule has 0 aromatic heterocycles. The number of hydrogen-bond acceptors (Lipinski definition) is 12. The zero-order valence-corrected chi connectivity index (χ0v) is 24.0. The molecule has 0 aliphatic carbocycles. The van der Waals surface area contributed by atoms with E-state index < -0.39 is 63.3 Å². The second-order valence-corrected chi connectivity index (χ2v) is 9.60. The van der Waals surface area contributed by atoms with Crippen LogP contribution in [-0.2, 0) is 0 Å². The molecule has 0 amide bonds. The van der Waals surface area contributed by atoms with Gasteiger partial charge in [0.1, 0.15) is 16.7 Å². The Labute approximate surface area is 267 Å². The first-order chi connectivity index (χ1) is 22.8. The van der Waals surface area contributed by atoms with Crippen molar-refractivity contribution in [3.05, 3.63) is 167 Å². The van der Waals surface area contributed by atoms with E-state index in [9.17, 15) is 60.7 Å². The minimum absolute atomic E-state index is 0.244. The molecule has 0 atom stereocenters. The highest BCUT2D eigenvalue weighted by Crippen LogP contribution is 2.46. The molecule has 240 valence electrons. The van der Waals surface area contributed by atoms with Crippen molar-refractivity contribution in [1.82, 2.24) is 0 Å². The van der Waals surface area contributed by atoms with Crippen LogP contribution in [0.2, 0.25) is 0 Å². The lowest BCUT2D eigenvalue weighted by atomic mass is 9.94. The van der Waals surface area contributed by atoms with Crippen molar-refractivity contribution < 1.29 is 29.5 Å². The molecule has 0 aliphatic rings. The standard InChI is InChI=1S/C30H18N6O12/c37-31(38)22-10-1-19(2-11-22)7-16-25-28(34(43)44)26(17-8-20-3-12-23(13-4-20)32(39)40)30(36(47)48)27(29(25)35(45)46)18-9-21-5-14-24(15-6-21)33(41)42/h1-18H. The molecule has 0 saturated carbocycles. The maximum atomic E-state index is 12.5. The van der Waals surface area contributed by atoms with Crippen LogP contribution in [0.1, 0.15) is 33.4 Å². The van der Waals surface area contributed by atoms with Crippen LogP contribution in [0.15, 0.2) is 72.8 Å². The van der Waals surface area contributed by atoms with E-state index in [-0.39, 0.29) is 33.8 Å². The van der Waals surface area contributed by atoms with E-state index >= 15 is 0 Å². The molecule has 0 radical (unpaired) electrons. The van der Waals surface area contributed by atoms with Crippen LogP contribution in [0.4, 0.5) is 34.1 Å². The average molecular weight is 655 g/mol. The maximum Gasteiger partial charge on any atom is 0.297 e. The second-order valence-electron chi connectivity index (χ2n) is 9.60. The summed E-state index contributed by atoms with van der Waals surface area (Å²) in [4.78, 5) is 65.5. The number of nitro groups is 6. The summed E-state index contributed by atoms with van der Waals surface area (Å²) in [6.45, 7) is 0. The van der Waals surface area contributed by atoms with Gasteiger partial charge in [0, 0.05) is 36.4 Å². The first kappa shape index (κ1) is 33.4. The molecule has 0 saturated heterocycles. The monoisotopic (exact) mass is 654 g/mol. The molecular formula is C30H18N6O12. The van der Waals surface area contributed by atoms with Gasteiger partial charge in [0.15, 0.2) is 0 Å². The smallest absolute Gasteiger partial charge is 0.258 e. The van der Waals surface area contributed by atoms with Crippen molar-refractivity contribution in [2.75, 3.05) is 0 Å². The van der Waals surface area contributed by atoms with E-state index in [0.717, 1.165) is 54.6 Å². The van der Waals surface area contributed by atoms with Crippen LogP contribution in [0.25, 0.3) is 36.5 Å². The van der Waals surface area contributed by atoms with Crippen LogP contribution in [0.3, 0.4) is 0 Å². The van der Waals surface area contributed by atoms with Crippen LogP contribution >= 0.6 is 0 Å². The van der Waals surface area contributed by atoms with Gasteiger partial charge < -0.3 is 0 Å². The van der Waals surface area contributed by atoms with Crippen LogP contribution in [0, 0.1) is 60.7 Å². The number of non-ortho nitro benzene ring substituents is 3. The fraction of sp³-hybridized carbons (Fsp3) is 0. The highest BCUT2D eigenvalue weighted by molar-refractivity contribution is 5.96. The van der Waals surface area contributed by atoms with Crippen molar-refractivity contribution >= 4 is 70.6 Å². The Morgan fingerprint density at radius 3 is 0.688 bits per heavy atom. The van der Waals surface area contributed by atoms with Crippen LogP contribution < -0.4 is 0 Å². The zero-order valence-electron chi connectivity index (χ0n) is 24.0. The Hall–Kier alpha value is -7.50.